The Kier molecular flexibility index (Phi) is 6.26. The predicted molar refractivity (Wildman–Crippen MR) is 106 cm³/mol. The van der Waals surface area contributed by atoms with Gasteiger partial charge in [-0.05, 0) is 36.8 Å². The number of nitrogens with zero attached hydrogens (tertiary/aromatic N) is 2. The lowest BCUT2D eigenvalue weighted by Gasteiger charge is -2.30. The van der Waals surface area contributed by atoms with Gasteiger partial charge in [0.15, 0.2) is 5.13 Å². The lowest BCUT2D eigenvalue weighted by atomic mass is 10.1. The Morgan fingerprint density at radius 1 is 1.38 bits per heavy atom. The van der Waals surface area contributed by atoms with E-state index >= 15 is 0 Å². The van der Waals surface area contributed by atoms with Gasteiger partial charge in [0, 0.05) is 24.5 Å². The summed E-state index contributed by atoms with van der Waals surface area (Å²) in [5.74, 6) is -0.222. The topological polar surface area (TPSA) is 74.3 Å². The summed E-state index contributed by atoms with van der Waals surface area (Å²) in [6, 6.07) is 1.60. The third kappa shape index (κ3) is 4.24. The van der Waals surface area contributed by atoms with Crippen LogP contribution in [0.1, 0.15) is 46.8 Å². The van der Waals surface area contributed by atoms with Crippen LogP contribution in [-0.2, 0) is 17.8 Å². The minimum Gasteiger partial charge on any atom is -0.362 e. The summed E-state index contributed by atoms with van der Waals surface area (Å²) in [6.07, 6.45) is 3.92. The normalized spacial score (nSPS) is 14.6. The smallest absolute Gasteiger partial charge is 0.263 e. The SMILES string of the molecule is CCCC(NC(=O)c1cnc(NCC)s1)C(=O)N1CCc2sccc2C1. The maximum absolute atomic E-state index is 13.0. The van der Waals surface area contributed by atoms with Gasteiger partial charge in [-0.25, -0.2) is 4.98 Å². The van der Waals surface area contributed by atoms with Gasteiger partial charge in [0.2, 0.25) is 5.91 Å². The number of carbonyl (C=O) groups is 2. The van der Waals surface area contributed by atoms with Crippen molar-refractivity contribution in [3.05, 3.63) is 33.0 Å². The fraction of sp³-hybridized carbons (Fsp3) is 0.500. The maximum Gasteiger partial charge on any atom is 0.263 e. The number of anilines is 1. The van der Waals surface area contributed by atoms with Gasteiger partial charge >= 0.3 is 0 Å². The average molecular weight is 393 g/mol. The molecule has 2 amide bonds. The standard InChI is InChI=1S/C18H24N4O2S2/c1-3-5-13(21-16(23)15-10-20-18(26-15)19-4-2)17(24)22-8-6-14-12(11-22)7-9-25-14/h7,9-10,13H,3-6,8,11H2,1-2H3,(H,19,20)(H,21,23). The highest BCUT2D eigenvalue weighted by Gasteiger charge is 2.29. The first kappa shape index (κ1) is 18.8. The lowest BCUT2D eigenvalue weighted by Crippen LogP contribution is -2.49. The minimum atomic E-state index is -0.489. The molecule has 0 saturated carbocycles. The van der Waals surface area contributed by atoms with Gasteiger partial charge in [-0.2, -0.15) is 0 Å². The summed E-state index contributed by atoms with van der Waals surface area (Å²) in [5, 5.41) is 8.81. The summed E-state index contributed by atoms with van der Waals surface area (Å²) in [4.78, 5) is 33.5. The molecule has 0 spiro atoms. The molecule has 1 aliphatic heterocycles. The van der Waals surface area contributed by atoms with Crippen molar-refractivity contribution in [1.82, 2.24) is 15.2 Å². The molecule has 0 radical (unpaired) electrons. The van der Waals surface area contributed by atoms with E-state index in [1.807, 2.05) is 18.7 Å². The highest BCUT2D eigenvalue weighted by molar-refractivity contribution is 7.17. The molecule has 8 heteroatoms. The van der Waals surface area contributed by atoms with Gasteiger partial charge in [0.05, 0.1) is 6.20 Å². The molecule has 0 aliphatic carbocycles. The molecular weight excluding hydrogens is 368 g/mol. The van der Waals surface area contributed by atoms with Crippen LogP contribution < -0.4 is 10.6 Å². The first-order valence-electron chi connectivity index (χ1n) is 8.97. The van der Waals surface area contributed by atoms with Crippen molar-refractivity contribution in [2.45, 2.75) is 45.7 Å². The van der Waals surface area contributed by atoms with Crippen LogP contribution in [0.2, 0.25) is 0 Å². The van der Waals surface area contributed by atoms with Crippen molar-refractivity contribution < 1.29 is 9.59 Å². The van der Waals surface area contributed by atoms with E-state index in [-0.39, 0.29) is 11.8 Å². The van der Waals surface area contributed by atoms with E-state index in [0.29, 0.717) is 24.4 Å². The third-order valence-corrected chi connectivity index (χ3v) is 6.33. The Labute approximate surface area is 161 Å². The van der Waals surface area contributed by atoms with E-state index < -0.39 is 6.04 Å². The Balaban J connectivity index is 1.66. The first-order chi connectivity index (χ1) is 12.6. The van der Waals surface area contributed by atoms with E-state index in [0.717, 1.165) is 24.5 Å². The number of fused-ring (bicyclic) bond motifs is 1. The number of thiazole rings is 1. The number of amides is 2. The lowest BCUT2D eigenvalue weighted by molar-refractivity contribution is -0.134. The molecule has 1 atom stereocenters. The molecule has 1 unspecified atom stereocenters. The number of hydrogen-bond acceptors (Lipinski definition) is 6. The van der Waals surface area contributed by atoms with Crippen LogP contribution in [0.4, 0.5) is 5.13 Å². The van der Waals surface area contributed by atoms with Gasteiger partial charge in [-0.1, -0.05) is 24.7 Å². The second-order valence-corrected chi connectivity index (χ2v) is 8.28. The van der Waals surface area contributed by atoms with Crippen LogP contribution in [0.25, 0.3) is 0 Å². The molecule has 3 rings (SSSR count). The van der Waals surface area contributed by atoms with Gasteiger partial charge in [0.1, 0.15) is 10.9 Å². The summed E-state index contributed by atoms with van der Waals surface area (Å²) < 4.78 is 0. The molecule has 0 saturated heterocycles. The molecule has 3 heterocycles. The fourth-order valence-electron chi connectivity index (χ4n) is 3.04. The van der Waals surface area contributed by atoms with Crippen molar-refractivity contribution in [2.75, 3.05) is 18.4 Å². The third-order valence-electron chi connectivity index (χ3n) is 4.36. The molecule has 140 valence electrons. The van der Waals surface area contributed by atoms with Crippen LogP contribution in [0, 0.1) is 0 Å². The van der Waals surface area contributed by atoms with Crippen LogP contribution in [0.15, 0.2) is 17.6 Å². The molecular formula is C18H24N4O2S2. The van der Waals surface area contributed by atoms with Crippen LogP contribution in [0.5, 0.6) is 0 Å². The minimum absolute atomic E-state index is 0.00784. The summed E-state index contributed by atoms with van der Waals surface area (Å²) in [5.41, 5.74) is 1.23. The zero-order valence-corrected chi connectivity index (χ0v) is 16.7. The molecule has 2 aromatic heterocycles. The molecule has 0 bridgehead atoms. The average Bonchev–Trinajstić information content (AvgIpc) is 3.29. The Morgan fingerprint density at radius 2 is 2.23 bits per heavy atom. The molecule has 6 nitrogen and oxygen atoms in total. The number of aromatic nitrogens is 1. The highest BCUT2D eigenvalue weighted by atomic mass is 32.1. The van der Waals surface area contributed by atoms with Crippen molar-refractivity contribution >= 4 is 39.6 Å². The second-order valence-electron chi connectivity index (χ2n) is 6.25. The van der Waals surface area contributed by atoms with Crippen LogP contribution in [0.3, 0.4) is 0 Å². The summed E-state index contributed by atoms with van der Waals surface area (Å²) in [7, 11) is 0. The van der Waals surface area contributed by atoms with E-state index in [9.17, 15) is 9.59 Å². The molecule has 2 N–H and O–H groups in total. The van der Waals surface area contributed by atoms with Crippen molar-refractivity contribution in [3.8, 4) is 0 Å². The van der Waals surface area contributed by atoms with Crippen molar-refractivity contribution in [2.24, 2.45) is 0 Å². The number of hydrogen-bond donors (Lipinski definition) is 2. The molecule has 0 fully saturated rings. The highest BCUT2D eigenvalue weighted by Crippen LogP contribution is 2.25. The van der Waals surface area contributed by atoms with Gasteiger partial charge in [-0.3, -0.25) is 9.59 Å². The van der Waals surface area contributed by atoms with Crippen molar-refractivity contribution in [1.29, 1.82) is 0 Å². The largest absolute Gasteiger partial charge is 0.362 e. The number of rotatable bonds is 7. The molecule has 2 aromatic rings. The maximum atomic E-state index is 13.0. The number of thiophene rings is 1. The second kappa shape index (κ2) is 8.64. The quantitative estimate of drug-likeness (QED) is 0.759. The van der Waals surface area contributed by atoms with E-state index in [1.54, 1.807) is 17.5 Å². The number of nitrogens with one attached hydrogen (secondary N) is 2. The molecule has 0 aromatic carbocycles. The Morgan fingerprint density at radius 3 is 3.00 bits per heavy atom. The summed E-state index contributed by atoms with van der Waals surface area (Å²) in [6.45, 7) is 6.11. The van der Waals surface area contributed by atoms with Crippen molar-refractivity contribution in [3.63, 3.8) is 0 Å². The van der Waals surface area contributed by atoms with E-state index in [1.165, 1.54) is 21.8 Å². The first-order valence-corrected chi connectivity index (χ1v) is 10.7. The zero-order valence-electron chi connectivity index (χ0n) is 15.1. The van der Waals surface area contributed by atoms with E-state index in [2.05, 4.69) is 27.1 Å². The summed E-state index contributed by atoms with van der Waals surface area (Å²) >= 11 is 3.06. The van der Waals surface area contributed by atoms with Gasteiger partial charge in [-0.15, -0.1) is 11.3 Å². The predicted octanol–water partition coefficient (Wildman–Crippen LogP) is 3.12. The Bertz CT molecular complexity index is 771. The number of carbonyl (C=O) groups excluding carboxylic acids is 2. The molecule has 26 heavy (non-hydrogen) atoms. The van der Waals surface area contributed by atoms with Crippen LogP contribution >= 0.6 is 22.7 Å². The van der Waals surface area contributed by atoms with Gasteiger partial charge in [0.25, 0.3) is 5.91 Å². The Hall–Kier alpha value is -1.93. The fourth-order valence-corrected chi connectivity index (χ4v) is 4.72. The monoisotopic (exact) mass is 392 g/mol. The van der Waals surface area contributed by atoms with E-state index in [4.69, 9.17) is 0 Å². The zero-order chi connectivity index (χ0) is 18.5. The molecule has 1 aliphatic rings. The van der Waals surface area contributed by atoms with Crippen LogP contribution in [-0.4, -0.2) is 40.8 Å². The van der Waals surface area contributed by atoms with Gasteiger partial charge < -0.3 is 15.5 Å².